The Morgan fingerprint density at radius 3 is 2.57 bits per heavy atom. The number of halogens is 1. The van der Waals surface area contributed by atoms with E-state index in [0.717, 1.165) is 12.1 Å². The molecule has 6 nitrogen and oxygen atoms in total. The number of rotatable bonds is 4. The van der Waals surface area contributed by atoms with Crippen molar-refractivity contribution in [1.82, 2.24) is 9.97 Å². The van der Waals surface area contributed by atoms with Gasteiger partial charge in [0.1, 0.15) is 12.1 Å². The minimum Gasteiger partial charge on any atom is -0.478 e. The third-order valence-electron chi connectivity index (χ3n) is 2.48. The molecule has 7 heteroatoms. The van der Waals surface area contributed by atoms with E-state index in [1.165, 1.54) is 36.9 Å². The van der Waals surface area contributed by atoms with Crippen molar-refractivity contribution in [3.63, 3.8) is 0 Å². The first-order valence-corrected chi connectivity index (χ1v) is 5.83. The summed E-state index contributed by atoms with van der Waals surface area (Å²) in [4.78, 5) is 29.6. The van der Waals surface area contributed by atoms with Crippen molar-refractivity contribution in [3.05, 3.63) is 59.9 Å². The number of anilines is 1. The summed E-state index contributed by atoms with van der Waals surface area (Å²) < 4.78 is 13.8. The van der Waals surface area contributed by atoms with Gasteiger partial charge in [0.2, 0.25) is 0 Å². The smallest absolute Gasteiger partial charge is 0.328 e. The number of nitrogens with one attached hydrogen (secondary N) is 1. The van der Waals surface area contributed by atoms with Crippen molar-refractivity contribution < 1.29 is 19.1 Å². The fourth-order valence-corrected chi connectivity index (χ4v) is 1.51. The first kappa shape index (κ1) is 14.3. The third kappa shape index (κ3) is 3.93. The highest BCUT2D eigenvalue weighted by molar-refractivity contribution is 6.03. The van der Waals surface area contributed by atoms with E-state index in [-0.39, 0.29) is 11.3 Å². The second-order valence-corrected chi connectivity index (χ2v) is 3.99. The lowest BCUT2D eigenvalue weighted by Gasteiger charge is -2.06. The molecule has 0 aliphatic rings. The molecule has 0 aliphatic heterocycles. The van der Waals surface area contributed by atoms with Gasteiger partial charge in [0, 0.05) is 18.5 Å². The molecule has 0 radical (unpaired) electrons. The molecule has 1 aromatic heterocycles. The van der Waals surface area contributed by atoms with Crippen molar-refractivity contribution in [3.8, 4) is 0 Å². The van der Waals surface area contributed by atoms with Gasteiger partial charge >= 0.3 is 5.97 Å². The maximum absolute atomic E-state index is 13.8. The highest BCUT2D eigenvalue weighted by Crippen LogP contribution is 2.17. The topological polar surface area (TPSA) is 92.2 Å². The van der Waals surface area contributed by atoms with Crippen LogP contribution < -0.4 is 5.32 Å². The summed E-state index contributed by atoms with van der Waals surface area (Å²) in [5.41, 5.74) is 0.555. The summed E-state index contributed by atoms with van der Waals surface area (Å²) in [7, 11) is 0. The lowest BCUT2D eigenvalue weighted by atomic mass is 10.1. The van der Waals surface area contributed by atoms with Crippen LogP contribution in [0.15, 0.2) is 43.0 Å². The Bertz CT molecular complexity index is 702. The number of nitrogens with zero attached hydrogens (tertiary/aromatic N) is 2. The molecule has 0 atom stereocenters. The molecule has 0 unspecified atom stereocenters. The zero-order valence-corrected chi connectivity index (χ0v) is 10.7. The van der Waals surface area contributed by atoms with E-state index in [0.29, 0.717) is 5.56 Å². The van der Waals surface area contributed by atoms with Crippen LogP contribution in [0.25, 0.3) is 6.08 Å². The normalized spacial score (nSPS) is 10.5. The highest BCUT2D eigenvalue weighted by Gasteiger charge is 2.09. The second-order valence-electron chi connectivity index (χ2n) is 3.99. The molecule has 1 amide bonds. The molecule has 0 fully saturated rings. The van der Waals surface area contributed by atoms with Crippen LogP contribution in [-0.2, 0) is 4.79 Å². The molecule has 1 heterocycles. The summed E-state index contributed by atoms with van der Waals surface area (Å²) in [5.74, 6) is -2.34. The first-order valence-electron chi connectivity index (χ1n) is 5.83. The maximum Gasteiger partial charge on any atom is 0.328 e. The molecule has 2 aromatic rings. The largest absolute Gasteiger partial charge is 0.478 e. The molecule has 1 aromatic carbocycles. The SMILES string of the molecule is O=C(O)/C=C/c1ccc(NC(=O)c2cncnc2)c(F)c1. The number of amides is 1. The van der Waals surface area contributed by atoms with Gasteiger partial charge in [-0.1, -0.05) is 6.07 Å². The molecular formula is C14H10FN3O3. The highest BCUT2D eigenvalue weighted by atomic mass is 19.1. The molecule has 2 N–H and O–H groups in total. The van der Waals surface area contributed by atoms with Gasteiger partial charge in [0.05, 0.1) is 11.3 Å². The van der Waals surface area contributed by atoms with Crippen molar-refractivity contribution in [2.75, 3.05) is 5.32 Å². The van der Waals surface area contributed by atoms with Gasteiger partial charge in [0.25, 0.3) is 5.91 Å². The molecule has 0 saturated carbocycles. The summed E-state index contributed by atoms with van der Waals surface area (Å²) >= 11 is 0. The second kappa shape index (κ2) is 6.38. The summed E-state index contributed by atoms with van der Waals surface area (Å²) in [6.45, 7) is 0. The van der Waals surface area contributed by atoms with Crippen LogP contribution in [0.2, 0.25) is 0 Å². The molecule has 0 spiro atoms. The van der Waals surface area contributed by atoms with Gasteiger partial charge in [-0.05, 0) is 23.8 Å². The zero-order chi connectivity index (χ0) is 15.2. The monoisotopic (exact) mass is 287 g/mol. The zero-order valence-electron chi connectivity index (χ0n) is 10.7. The van der Waals surface area contributed by atoms with E-state index < -0.39 is 17.7 Å². The van der Waals surface area contributed by atoms with Crippen LogP contribution in [0.5, 0.6) is 0 Å². The molecule has 106 valence electrons. The van der Waals surface area contributed by atoms with Crippen molar-refractivity contribution >= 4 is 23.6 Å². The number of aromatic nitrogens is 2. The predicted molar refractivity (Wildman–Crippen MR) is 73.1 cm³/mol. The summed E-state index contributed by atoms with van der Waals surface area (Å²) in [6.07, 6.45) is 6.05. The van der Waals surface area contributed by atoms with Crippen molar-refractivity contribution in [1.29, 1.82) is 0 Å². The quantitative estimate of drug-likeness (QED) is 0.839. The standard InChI is InChI=1S/C14H10FN3O3/c15-11-5-9(2-4-13(19)20)1-3-12(11)18-14(21)10-6-16-8-17-7-10/h1-8H,(H,18,21)(H,19,20)/b4-2+. The van der Waals surface area contributed by atoms with E-state index in [9.17, 15) is 14.0 Å². The van der Waals surface area contributed by atoms with Crippen LogP contribution >= 0.6 is 0 Å². The van der Waals surface area contributed by atoms with E-state index in [1.54, 1.807) is 0 Å². The maximum atomic E-state index is 13.8. The molecular weight excluding hydrogens is 277 g/mol. The number of hydrogen-bond donors (Lipinski definition) is 2. The minimum absolute atomic E-state index is 0.0173. The molecule has 21 heavy (non-hydrogen) atoms. The number of carboxylic acids is 1. The van der Waals surface area contributed by atoms with Crippen LogP contribution in [-0.4, -0.2) is 27.0 Å². The molecule has 0 aliphatic carbocycles. The van der Waals surface area contributed by atoms with E-state index in [2.05, 4.69) is 15.3 Å². The van der Waals surface area contributed by atoms with E-state index in [1.807, 2.05) is 0 Å². The molecule has 0 saturated heterocycles. The van der Waals surface area contributed by atoms with Crippen molar-refractivity contribution in [2.45, 2.75) is 0 Å². The molecule has 2 rings (SSSR count). The van der Waals surface area contributed by atoms with Crippen LogP contribution in [0.3, 0.4) is 0 Å². The average Bonchev–Trinajstić information content (AvgIpc) is 2.48. The number of carbonyl (C=O) groups excluding carboxylic acids is 1. The van der Waals surface area contributed by atoms with Gasteiger partial charge in [-0.2, -0.15) is 0 Å². The predicted octanol–water partition coefficient (Wildman–Crippen LogP) is 1.97. The number of aliphatic carboxylic acids is 1. The number of carbonyl (C=O) groups is 2. The summed E-state index contributed by atoms with van der Waals surface area (Å²) in [6, 6.07) is 3.95. The van der Waals surface area contributed by atoms with Gasteiger partial charge in [-0.25, -0.2) is 19.2 Å². The average molecular weight is 287 g/mol. The summed E-state index contributed by atoms with van der Waals surface area (Å²) in [5, 5.41) is 10.9. The fraction of sp³-hybridized carbons (Fsp3) is 0. The fourth-order valence-electron chi connectivity index (χ4n) is 1.51. The van der Waals surface area contributed by atoms with E-state index in [4.69, 9.17) is 5.11 Å². The van der Waals surface area contributed by atoms with Gasteiger partial charge in [-0.15, -0.1) is 0 Å². The van der Waals surface area contributed by atoms with Crippen molar-refractivity contribution in [2.24, 2.45) is 0 Å². The Morgan fingerprint density at radius 2 is 1.95 bits per heavy atom. The third-order valence-corrected chi connectivity index (χ3v) is 2.48. The Labute approximate surface area is 119 Å². The molecule has 0 bridgehead atoms. The van der Waals surface area contributed by atoms with Crippen LogP contribution in [0, 0.1) is 5.82 Å². The van der Waals surface area contributed by atoms with Gasteiger partial charge in [0.15, 0.2) is 0 Å². The lowest BCUT2D eigenvalue weighted by molar-refractivity contribution is -0.131. The number of carboxylic acid groups (broad SMARTS) is 1. The minimum atomic E-state index is -1.13. The van der Waals surface area contributed by atoms with Gasteiger partial charge < -0.3 is 10.4 Å². The Balaban J connectivity index is 2.15. The van der Waals surface area contributed by atoms with Crippen LogP contribution in [0.4, 0.5) is 10.1 Å². The van der Waals surface area contributed by atoms with E-state index >= 15 is 0 Å². The Kier molecular flexibility index (Phi) is 4.35. The number of benzene rings is 1. The number of hydrogen-bond acceptors (Lipinski definition) is 4. The Hall–Kier alpha value is -3.09. The van der Waals surface area contributed by atoms with Crippen LogP contribution in [0.1, 0.15) is 15.9 Å². The lowest BCUT2D eigenvalue weighted by Crippen LogP contribution is -2.13. The van der Waals surface area contributed by atoms with Gasteiger partial charge in [-0.3, -0.25) is 4.79 Å². The first-order chi connectivity index (χ1) is 10.1. The Morgan fingerprint density at radius 1 is 1.24 bits per heavy atom.